The molecule has 2 aromatic rings. The molecule has 0 spiro atoms. The Morgan fingerprint density at radius 3 is 2.35 bits per heavy atom. The molecule has 0 bridgehead atoms. The molecule has 1 aliphatic rings. The Morgan fingerprint density at radius 2 is 1.71 bits per heavy atom. The van der Waals surface area contributed by atoms with Crippen molar-refractivity contribution < 1.29 is 27.5 Å². The van der Waals surface area contributed by atoms with Crippen molar-refractivity contribution in [3.05, 3.63) is 70.3 Å². The Kier molecular flexibility index (Phi) is 6.59. The van der Waals surface area contributed by atoms with E-state index in [1.807, 2.05) is 26.0 Å². The zero-order chi connectivity index (χ0) is 22.8. The van der Waals surface area contributed by atoms with Gasteiger partial charge in [0.05, 0.1) is 17.1 Å². The molecule has 1 amide bonds. The zero-order valence-electron chi connectivity index (χ0n) is 17.8. The summed E-state index contributed by atoms with van der Waals surface area (Å²) in [4.78, 5) is 39.4. The van der Waals surface area contributed by atoms with E-state index in [0.29, 0.717) is 12.0 Å². The molecule has 0 saturated carbocycles. The maximum absolute atomic E-state index is 13.1. The highest BCUT2D eigenvalue weighted by Crippen LogP contribution is 2.20. The van der Waals surface area contributed by atoms with Gasteiger partial charge >= 0.3 is 5.97 Å². The number of benzene rings is 2. The summed E-state index contributed by atoms with van der Waals surface area (Å²) in [5.41, 5.74) is 2.49. The van der Waals surface area contributed by atoms with Gasteiger partial charge in [-0.2, -0.15) is 0 Å². The SMILES string of the molecule is Cc1ccc(C)c(C(=O)c2ccccc2C(=O)OCC(=O)N(C)C2CCS(=O)(=O)C2)c1. The molecule has 31 heavy (non-hydrogen) atoms. The predicted octanol–water partition coefficient (Wildman–Crippen LogP) is 2.34. The number of hydrogen-bond acceptors (Lipinski definition) is 6. The van der Waals surface area contributed by atoms with Crippen LogP contribution in [-0.2, 0) is 19.4 Å². The lowest BCUT2D eigenvalue weighted by atomic mass is 9.94. The maximum atomic E-state index is 13.1. The molecule has 1 fully saturated rings. The molecule has 1 saturated heterocycles. The normalized spacial score (nSPS) is 17.2. The van der Waals surface area contributed by atoms with Crippen LogP contribution < -0.4 is 0 Å². The van der Waals surface area contributed by atoms with Gasteiger partial charge in [0.1, 0.15) is 0 Å². The summed E-state index contributed by atoms with van der Waals surface area (Å²) in [7, 11) is -1.64. The summed E-state index contributed by atoms with van der Waals surface area (Å²) in [5, 5.41) is 0. The van der Waals surface area contributed by atoms with Crippen LogP contribution in [0.1, 0.15) is 43.8 Å². The molecular formula is C23H25NO6S. The number of ether oxygens (including phenoxy) is 1. The predicted molar refractivity (Wildman–Crippen MR) is 116 cm³/mol. The van der Waals surface area contributed by atoms with Crippen molar-refractivity contribution in [3.8, 4) is 0 Å². The number of likely N-dealkylation sites (N-methyl/N-ethyl adjacent to an activating group) is 1. The average molecular weight is 444 g/mol. The summed E-state index contributed by atoms with van der Waals surface area (Å²) in [6, 6.07) is 11.4. The van der Waals surface area contributed by atoms with Crippen LogP contribution >= 0.6 is 0 Å². The Balaban J connectivity index is 1.72. The number of ketones is 1. The van der Waals surface area contributed by atoms with Gasteiger partial charge < -0.3 is 9.64 Å². The van der Waals surface area contributed by atoms with Crippen molar-refractivity contribution in [3.63, 3.8) is 0 Å². The smallest absolute Gasteiger partial charge is 0.339 e. The molecule has 1 heterocycles. The quantitative estimate of drug-likeness (QED) is 0.502. The minimum Gasteiger partial charge on any atom is -0.452 e. The fourth-order valence-electron chi connectivity index (χ4n) is 3.58. The molecule has 0 N–H and O–H groups in total. The third kappa shape index (κ3) is 5.19. The molecule has 0 aromatic heterocycles. The van der Waals surface area contributed by atoms with Crippen LogP contribution in [0, 0.1) is 13.8 Å². The van der Waals surface area contributed by atoms with E-state index < -0.39 is 34.4 Å². The van der Waals surface area contributed by atoms with Crippen LogP contribution in [0.4, 0.5) is 0 Å². The van der Waals surface area contributed by atoms with Gasteiger partial charge in [0.25, 0.3) is 5.91 Å². The van der Waals surface area contributed by atoms with Crippen molar-refractivity contribution in [1.82, 2.24) is 4.90 Å². The summed E-state index contributed by atoms with van der Waals surface area (Å²) < 4.78 is 28.4. The first-order valence-corrected chi connectivity index (χ1v) is 11.8. The second kappa shape index (κ2) is 9.01. The van der Waals surface area contributed by atoms with E-state index in [9.17, 15) is 22.8 Å². The number of carbonyl (C=O) groups is 3. The van der Waals surface area contributed by atoms with Gasteiger partial charge in [0, 0.05) is 24.2 Å². The molecule has 164 valence electrons. The number of carbonyl (C=O) groups excluding carboxylic acids is 3. The minimum absolute atomic E-state index is 0.0446. The Morgan fingerprint density at radius 1 is 1.03 bits per heavy atom. The third-order valence-corrected chi connectivity index (χ3v) is 7.26. The lowest BCUT2D eigenvalue weighted by Crippen LogP contribution is -2.40. The fourth-order valence-corrected chi connectivity index (χ4v) is 5.35. The largest absolute Gasteiger partial charge is 0.452 e. The molecule has 2 aromatic carbocycles. The van der Waals surface area contributed by atoms with E-state index in [0.717, 1.165) is 11.1 Å². The minimum atomic E-state index is -3.14. The Labute approximate surface area is 181 Å². The lowest BCUT2D eigenvalue weighted by Gasteiger charge is -2.23. The molecule has 0 aliphatic carbocycles. The first kappa shape index (κ1) is 22.7. The summed E-state index contributed by atoms with van der Waals surface area (Å²) in [6.45, 7) is 3.18. The van der Waals surface area contributed by atoms with Gasteiger partial charge in [0.2, 0.25) is 0 Å². The molecule has 1 atom stereocenters. The average Bonchev–Trinajstić information content (AvgIpc) is 3.12. The molecule has 7 nitrogen and oxygen atoms in total. The van der Waals surface area contributed by atoms with E-state index in [4.69, 9.17) is 4.74 Å². The first-order valence-electron chi connectivity index (χ1n) is 9.93. The van der Waals surface area contributed by atoms with Crippen molar-refractivity contribution in [1.29, 1.82) is 0 Å². The van der Waals surface area contributed by atoms with Crippen LogP contribution in [0.15, 0.2) is 42.5 Å². The maximum Gasteiger partial charge on any atom is 0.339 e. The summed E-state index contributed by atoms with van der Waals surface area (Å²) >= 11 is 0. The van der Waals surface area contributed by atoms with Crippen LogP contribution in [0.5, 0.6) is 0 Å². The van der Waals surface area contributed by atoms with E-state index in [2.05, 4.69) is 0 Å². The highest BCUT2D eigenvalue weighted by Gasteiger charge is 2.33. The van der Waals surface area contributed by atoms with Gasteiger partial charge in [-0.3, -0.25) is 9.59 Å². The van der Waals surface area contributed by atoms with E-state index in [1.54, 1.807) is 24.3 Å². The third-order valence-electron chi connectivity index (χ3n) is 5.51. The van der Waals surface area contributed by atoms with Crippen LogP contribution in [0.3, 0.4) is 0 Å². The number of esters is 1. The second-order valence-electron chi connectivity index (χ2n) is 7.83. The Hall–Kier alpha value is -3.00. The number of hydrogen-bond donors (Lipinski definition) is 0. The first-order chi connectivity index (χ1) is 14.6. The summed E-state index contributed by atoms with van der Waals surface area (Å²) in [5.74, 6) is -1.61. The van der Waals surface area contributed by atoms with E-state index >= 15 is 0 Å². The number of sulfone groups is 1. The van der Waals surface area contributed by atoms with E-state index in [1.165, 1.54) is 18.0 Å². The van der Waals surface area contributed by atoms with Crippen molar-refractivity contribution in [2.24, 2.45) is 0 Å². The van der Waals surface area contributed by atoms with Crippen LogP contribution in [0.25, 0.3) is 0 Å². The zero-order valence-corrected chi connectivity index (χ0v) is 18.6. The van der Waals surface area contributed by atoms with Gasteiger partial charge in [-0.05, 0) is 38.0 Å². The monoisotopic (exact) mass is 443 g/mol. The fraction of sp³-hybridized carbons (Fsp3) is 0.348. The highest BCUT2D eigenvalue weighted by atomic mass is 32.2. The molecule has 3 rings (SSSR count). The molecule has 1 aliphatic heterocycles. The lowest BCUT2D eigenvalue weighted by molar-refractivity contribution is -0.134. The van der Waals surface area contributed by atoms with Gasteiger partial charge in [0.15, 0.2) is 22.2 Å². The van der Waals surface area contributed by atoms with Crippen molar-refractivity contribution in [2.75, 3.05) is 25.2 Å². The molecular weight excluding hydrogens is 418 g/mol. The molecule has 8 heteroatoms. The number of aryl methyl sites for hydroxylation is 2. The van der Waals surface area contributed by atoms with Crippen LogP contribution in [0.2, 0.25) is 0 Å². The standard InChI is InChI=1S/C23H25NO6S/c1-15-8-9-16(2)20(12-15)22(26)18-6-4-5-7-19(18)23(27)30-13-21(25)24(3)17-10-11-31(28,29)14-17/h4-9,12,17H,10-11,13-14H2,1-3H3. The van der Waals surface area contributed by atoms with Crippen LogP contribution in [-0.4, -0.2) is 62.2 Å². The topological polar surface area (TPSA) is 97.8 Å². The van der Waals surface area contributed by atoms with Gasteiger partial charge in [-0.25, -0.2) is 13.2 Å². The number of nitrogens with zero attached hydrogens (tertiary/aromatic N) is 1. The number of amides is 1. The molecule has 0 radical (unpaired) electrons. The van der Waals surface area contributed by atoms with Crippen molar-refractivity contribution in [2.45, 2.75) is 26.3 Å². The van der Waals surface area contributed by atoms with Gasteiger partial charge in [-0.1, -0.05) is 35.9 Å². The van der Waals surface area contributed by atoms with Crippen molar-refractivity contribution >= 4 is 27.5 Å². The Bertz CT molecular complexity index is 1140. The molecule has 1 unspecified atom stereocenters. The number of rotatable bonds is 6. The van der Waals surface area contributed by atoms with Gasteiger partial charge in [-0.15, -0.1) is 0 Å². The second-order valence-corrected chi connectivity index (χ2v) is 10.1. The highest BCUT2D eigenvalue weighted by molar-refractivity contribution is 7.91. The van der Waals surface area contributed by atoms with E-state index in [-0.39, 0.29) is 28.4 Å². The summed E-state index contributed by atoms with van der Waals surface area (Å²) in [6.07, 6.45) is 0.367.